The lowest BCUT2D eigenvalue weighted by Crippen LogP contribution is -2.67. The zero-order valence-electron chi connectivity index (χ0n) is 21.8. The predicted molar refractivity (Wildman–Crippen MR) is 148 cm³/mol. The van der Waals surface area contributed by atoms with Crippen molar-refractivity contribution in [1.82, 2.24) is 4.31 Å². The fourth-order valence-corrected chi connectivity index (χ4v) is 11.7. The Kier molecular flexibility index (Phi) is 7.88. The Morgan fingerprint density at radius 2 is 1.39 bits per heavy atom. The molecule has 0 bridgehead atoms. The molecule has 1 heterocycles. The standard InChI is InChI=1S/C29H37NO4SSi/c1-23-16-19-25(20-17-23)35(31,32)30-24(18-21-28(30)33-5)22-34-36(29(2,3)4,26-12-8-6-9-13-26)27-14-10-7-11-15-27/h6-17,19-20,24,28H,18,21-22H2,1-5H3/t24-,28+/m0/s1. The highest BCUT2D eigenvalue weighted by molar-refractivity contribution is 7.89. The summed E-state index contributed by atoms with van der Waals surface area (Å²) in [5.74, 6) is 0. The molecule has 1 aliphatic heterocycles. The van der Waals surface area contributed by atoms with E-state index in [9.17, 15) is 8.42 Å². The molecule has 0 saturated carbocycles. The Morgan fingerprint density at radius 1 is 0.861 bits per heavy atom. The van der Waals surface area contributed by atoms with Crippen LogP contribution < -0.4 is 10.4 Å². The summed E-state index contributed by atoms with van der Waals surface area (Å²) >= 11 is 0. The number of sulfonamides is 1. The van der Waals surface area contributed by atoms with Crippen LogP contribution in [-0.2, 0) is 19.2 Å². The number of aryl methyl sites for hydroxylation is 1. The van der Waals surface area contributed by atoms with Gasteiger partial charge in [-0.25, -0.2) is 8.42 Å². The Morgan fingerprint density at radius 3 is 1.86 bits per heavy atom. The highest BCUT2D eigenvalue weighted by Crippen LogP contribution is 2.38. The van der Waals surface area contributed by atoms with Crippen LogP contribution >= 0.6 is 0 Å². The summed E-state index contributed by atoms with van der Waals surface area (Å²) in [6, 6.07) is 27.6. The van der Waals surface area contributed by atoms with E-state index in [4.69, 9.17) is 9.16 Å². The molecule has 5 nitrogen and oxygen atoms in total. The first kappa shape index (κ1) is 26.8. The van der Waals surface area contributed by atoms with Crippen LogP contribution in [0.3, 0.4) is 0 Å². The average Bonchev–Trinajstić information content (AvgIpc) is 3.29. The quantitative estimate of drug-likeness (QED) is 0.402. The fraction of sp³-hybridized carbons (Fsp3) is 0.379. The molecular formula is C29H37NO4SSi. The van der Waals surface area contributed by atoms with Gasteiger partial charge in [0.15, 0.2) is 0 Å². The van der Waals surface area contributed by atoms with Crippen molar-refractivity contribution in [3.05, 3.63) is 90.5 Å². The Labute approximate surface area is 217 Å². The molecule has 4 rings (SSSR count). The van der Waals surface area contributed by atoms with Gasteiger partial charge in [-0.2, -0.15) is 4.31 Å². The summed E-state index contributed by atoms with van der Waals surface area (Å²) in [5.41, 5.74) is 1.02. The third-order valence-corrected chi connectivity index (χ3v) is 14.1. The van der Waals surface area contributed by atoms with Gasteiger partial charge in [-0.05, 0) is 47.3 Å². The van der Waals surface area contributed by atoms with Gasteiger partial charge in [-0.1, -0.05) is 99.1 Å². The van der Waals surface area contributed by atoms with E-state index in [1.807, 2.05) is 31.2 Å². The third-order valence-electron chi connectivity index (χ3n) is 7.17. The van der Waals surface area contributed by atoms with Crippen LogP contribution in [0, 0.1) is 6.92 Å². The SMILES string of the molecule is CO[C@@H]1CC[C@@H](CO[Si](c2ccccc2)(c2ccccc2)C(C)(C)C)N1S(=O)(=O)c1ccc(C)cc1. The highest BCUT2D eigenvalue weighted by atomic mass is 32.2. The molecule has 3 aromatic carbocycles. The first-order valence-corrected chi connectivity index (χ1v) is 15.8. The summed E-state index contributed by atoms with van der Waals surface area (Å²) in [5, 5.41) is 2.17. The molecular weight excluding hydrogens is 486 g/mol. The molecule has 3 aromatic rings. The van der Waals surface area contributed by atoms with Gasteiger partial charge in [0.05, 0.1) is 17.5 Å². The summed E-state index contributed by atoms with van der Waals surface area (Å²) in [6.07, 6.45) is 0.807. The van der Waals surface area contributed by atoms with Gasteiger partial charge in [0.2, 0.25) is 10.0 Å². The lowest BCUT2D eigenvalue weighted by Gasteiger charge is -2.44. The minimum absolute atomic E-state index is 0.185. The van der Waals surface area contributed by atoms with E-state index < -0.39 is 24.6 Å². The fourth-order valence-electron chi connectivity index (χ4n) is 5.37. The lowest BCUT2D eigenvalue weighted by molar-refractivity contribution is 0.0236. The van der Waals surface area contributed by atoms with Crippen molar-refractivity contribution in [3.8, 4) is 0 Å². The largest absolute Gasteiger partial charge is 0.406 e. The second kappa shape index (κ2) is 10.6. The number of benzene rings is 3. The molecule has 1 aliphatic rings. The Hall–Kier alpha value is -2.29. The number of rotatable bonds is 8. The molecule has 1 fully saturated rings. The van der Waals surface area contributed by atoms with E-state index in [0.717, 1.165) is 5.56 Å². The molecule has 0 amide bonds. The summed E-state index contributed by atoms with van der Waals surface area (Å²) in [4.78, 5) is 0.285. The van der Waals surface area contributed by atoms with E-state index in [1.54, 1.807) is 19.2 Å². The second-order valence-electron chi connectivity index (χ2n) is 10.5. The van der Waals surface area contributed by atoms with Crippen LogP contribution in [0.25, 0.3) is 0 Å². The van der Waals surface area contributed by atoms with E-state index in [2.05, 4.69) is 69.3 Å². The lowest BCUT2D eigenvalue weighted by atomic mass is 10.2. The number of methoxy groups -OCH3 is 1. The van der Waals surface area contributed by atoms with E-state index in [1.165, 1.54) is 14.7 Å². The maximum atomic E-state index is 13.8. The van der Waals surface area contributed by atoms with Crippen LogP contribution in [0.5, 0.6) is 0 Å². The zero-order valence-corrected chi connectivity index (χ0v) is 23.7. The molecule has 0 aliphatic carbocycles. The first-order chi connectivity index (χ1) is 17.1. The normalized spacial score (nSPS) is 19.5. The van der Waals surface area contributed by atoms with Crippen molar-refractivity contribution in [1.29, 1.82) is 0 Å². The van der Waals surface area contributed by atoms with Gasteiger partial charge in [-0.15, -0.1) is 0 Å². The van der Waals surface area contributed by atoms with Crippen LogP contribution in [0.4, 0.5) is 0 Å². The first-order valence-electron chi connectivity index (χ1n) is 12.5. The van der Waals surface area contributed by atoms with E-state index in [0.29, 0.717) is 19.4 Å². The van der Waals surface area contributed by atoms with Crippen molar-refractivity contribution in [2.24, 2.45) is 0 Å². The zero-order chi connectivity index (χ0) is 26.0. The van der Waals surface area contributed by atoms with Crippen LogP contribution in [0.1, 0.15) is 39.2 Å². The molecule has 36 heavy (non-hydrogen) atoms. The minimum Gasteiger partial charge on any atom is -0.406 e. The number of nitrogens with zero attached hydrogens (tertiary/aromatic N) is 1. The molecule has 0 N–H and O–H groups in total. The van der Waals surface area contributed by atoms with Crippen molar-refractivity contribution >= 4 is 28.7 Å². The van der Waals surface area contributed by atoms with Gasteiger partial charge in [0.1, 0.15) is 6.23 Å². The minimum atomic E-state index is -3.75. The van der Waals surface area contributed by atoms with Gasteiger partial charge >= 0.3 is 0 Å². The summed E-state index contributed by atoms with van der Waals surface area (Å²) in [6.45, 7) is 8.94. The van der Waals surface area contributed by atoms with E-state index in [-0.39, 0.29) is 16.0 Å². The summed E-state index contributed by atoms with van der Waals surface area (Å²) in [7, 11) is -4.96. The molecule has 7 heteroatoms. The monoisotopic (exact) mass is 523 g/mol. The van der Waals surface area contributed by atoms with Crippen molar-refractivity contribution in [2.75, 3.05) is 13.7 Å². The van der Waals surface area contributed by atoms with Crippen molar-refractivity contribution < 1.29 is 17.6 Å². The van der Waals surface area contributed by atoms with Gasteiger partial charge in [0, 0.05) is 7.11 Å². The second-order valence-corrected chi connectivity index (χ2v) is 16.7. The van der Waals surface area contributed by atoms with Gasteiger partial charge in [0.25, 0.3) is 8.32 Å². The van der Waals surface area contributed by atoms with Crippen LogP contribution in [0.2, 0.25) is 5.04 Å². The van der Waals surface area contributed by atoms with Crippen LogP contribution in [-0.4, -0.2) is 47.0 Å². The molecule has 192 valence electrons. The molecule has 1 saturated heterocycles. The molecule has 0 radical (unpaired) electrons. The highest BCUT2D eigenvalue weighted by Gasteiger charge is 2.52. The van der Waals surface area contributed by atoms with E-state index >= 15 is 0 Å². The smallest absolute Gasteiger partial charge is 0.261 e. The van der Waals surface area contributed by atoms with Crippen LogP contribution in [0.15, 0.2) is 89.8 Å². The number of hydrogen-bond acceptors (Lipinski definition) is 4. The van der Waals surface area contributed by atoms with Crippen molar-refractivity contribution in [2.45, 2.75) is 62.7 Å². The van der Waals surface area contributed by atoms with Gasteiger partial charge < -0.3 is 9.16 Å². The molecule has 0 spiro atoms. The molecule has 0 unspecified atom stereocenters. The van der Waals surface area contributed by atoms with Gasteiger partial charge in [-0.3, -0.25) is 0 Å². The maximum Gasteiger partial charge on any atom is 0.261 e. The predicted octanol–water partition coefficient (Wildman–Crippen LogP) is 4.70. The number of hydrogen-bond donors (Lipinski definition) is 0. The van der Waals surface area contributed by atoms with Crippen molar-refractivity contribution in [3.63, 3.8) is 0 Å². The maximum absolute atomic E-state index is 13.8. The molecule has 0 aromatic heterocycles. The topological polar surface area (TPSA) is 55.8 Å². The molecule has 2 atom stereocenters. The average molecular weight is 524 g/mol. The Balaban J connectivity index is 1.74. The summed E-state index contributed by atoms with van der Waals surface area (Å²) < 4.78 is 41.9. The Bertz CT molecular complexity index is 1200. The third kappa shape index (κ3) is 4.95. The number of ether oxygens (including phenoxy) is 1.